The van der Waals surface area contributed by atoms with Gasteiger partial charge in [0.05, 0.1) is 17.5 Å². The molecule has 0 N–H and O–H groups in total. The predicted molar refractivity (Wildman–Crippen MR) is 85.5 cm³/mol. The van der Waals surface area contributed by atoms with Crippen molar-refractivity contribution in [2.24, 2.45) is 0 Å². The van der Waals surface area contributed by atoms with Gasteiger partial charge in [0.2, 0.25) is 0 Å². The summed E-state index contributed by atoms with van der Waals surface area (Å²) in [6, 6.07) is 4.90. The predicted octanol–water partition coefficient (Wildman–Crippen LogP) is 2.25. The van der Waals surface area contributed by atoms with E-state index in [1.54, 1.807) is 12.4 Å². The van der Waals surface area contributed by atoms with E-state index >= 15 is 0 Å². The van der Waals surface area contributed by atoms with E-state index in [-0.39, 0.29) is 18.1 Å². The molecule has 3 nitrogen and oxygen atoms in total. The van der Waals surface area contributed by atoms with Gasteiger partial charge in [0, 0.05) is 30.0 Å². The van der Waals surface area contributed by atoms with Gasteiger partial charge in [-0.2, -0.15) is 5.26 Å². The van der Waals surface area contributed by atoms with E-state index in [0.29, 0.717) is 5.56 Å². The first-order valence-corrected chi connectivity index (χ1v) is 7.39. The fourth-order valence-corrected chi connectivity index (χ4v) is 3.68. The molecule has 0 aliphatic carbocycles. The molecule has 0 saturated carbocycles. The summed E-state index contributed by atoms with van der Waals surface area (Å²) in [5, 5.41) is 9.89. The Balaban J connectivity index is 1.97. The standard InChI is InChI=1S/C19H17N3/c1-4-14(3)22-17-6-7-18(22)10-19(9-17,13-20)16-8-15(5-2)11-21-12-16/h1-2,6-8,11-12,14,17-18H,9-10H2,3H3. The van der Waals surface area contributed by atoms with Crippen molar-refractivity contribution in [3.05, 3.63) is 41.7 Å². The minimum Gasteiger partial charge on any atom is -0.277 e. The molecule has 3 atom stereocenters. The number of nitrogens with zero attached hydrogens (tertiary/aromatic N) is 3. The first-order chi connectivity index (χ1) is 10.6. The Hall–Kier alpha value is -2.54. The van der Waals surface area contributed by atoms with E-state index in [4.69, 9.17) is 12.8 Å². The third-order valence-electron chi connectivity index (χ3n) is 4.80. The van der Waals surface area contributed by atoms with Crippen LogP contribution in [0.5, 0.6) is 0 Å². The van der Waals surface area contributed by atoms with Gasteiger partial charge in [0.1, 0.15) is 0 Å². The molecule has 0 aromatic carbocycles. The summed E-state index contributed by atoms with van der Waals surface area (Å²) < 4.78 is 0. The number of piperidine rings is 1. The molecule has 108 valence electrons. The minimum atomic E-state index is -0.552. The van der Waals surface area contributed by atoms with Crippen LogP contribution in [0.4, 0.5) is 0 Å². The smallest absolute Gasteiger partial charge is 0.0873 e. The maximum atomic E-state index is 9.89. The van der Waals surface area contributed by atoms with E-state index in [1.165, 1.54) is 0 Å². The molecule has 0 amide bonds. The number of nitriles is 1. The van der Waals surface area contributed by atoms with Crippen molar-refractivity contribution < 1.29 is 0 Å². The zero-order valence-corrected chi connectivity index (χ0v) is 12.5. The van der Waals surface area contributed by atoms with Gasteiger partial charge in [-0.25, -0.2) is 0 Å². The van der Waals surface area contributed by atoms with Crippen molar-refractivity contribution in [1.29, 1.82) is 5.26 Å². The molecule has 0 radical (unpaired) electrons. The summed E-state index contributed by atoms with van der Waals surface area (Å²) in [7, 11) is 0. The largest absolute Gasteiger partial charge is 0.277 e. The molecule has 1 fully saturated rings. The Labute approximate surface area is 131 Å². The number of rotatable bonds is 2. The number of pyridine rings is 1. The average molecular weight is 287 g/mol. The first kappa shape index (κ1) is 14.4. The molecule has 3 unspecified atom stereocenters. The summed E-state index contributed by atoms with van der Waals surface area (Å²) in [5.74, 6) is 5.40. The molecule has 3 heteroatoms. The molecule has 2 aliphatic heterocycles. The molecule has 0 spiro atoms. The summed E-state index contributed by atoms with van der Waals surface area (Å²) in [4.78, 5) is 6.52. The fourth-order valence-electron chi connectivity index (χ4n) is 3.68. The number of fused-ring (bicyclic) bond motifs is 2. The maximum Gasteiger partial charge on any atom is 0.0873 e. The van der Waals surface area contributed by atoms with Gasteiger partial charge < -0.3 is 0 Å². The monoisotopic (exact) mass is 287 g/mol. The zero-order chi connectivity index (χ0) is 15.7. The minimum absolute atomic E-state index is 0.0665. The van der Waals surface area contributed by atoms with Crippen LogP contribution >= 0.6 is 0 Å². The number of hydrogen-bond acceptors (Lipinski definition) is 3. The van der Waals surface area contributed by atoms with Crippen molar-refractivity contribution in [2.45, 2.75) is 43.3 Å². The highest BCUT2D eigenvalue weighted by atomic mass is 15.2. The van der Waals surface area contributed by atoms with Crippen LogP contribution in [-0.4, -0.2) is 28.0 Å². The topological polar surface area (TPSA) is 39.9 Å². The van der Waals surface area contributed by atoms with Crippen LogP contribution in [0.2, 0.25) is 0 Å². The highest BCUT2D eigenvalue weighted by molar-refractivity contribution is 5.41. The third-order valence-corrected chi connectivity index (χ3v) is 4.80. The van der Waals surface area contributed by atoms with Gasteiger partial charge in [-0.3, -0.25) is 9.88 Å². The van der Waals surface area contributed by atoms with Crippen LogP contribution in [-0.2, 0) is 5.41 Å². The van der Waals surface area contributed by atoms with E-state index in [9.17, 15) is 5.26 Å². The summed E-state index contributed by atoms with van der Waals surface area (Å²) in [6.07, 6.45) is 20.3. The molecule has 22 heavy (non-hydrogen) atoms. The first-order valence-electron chi connectivity index (χ1n) is 7.39. The molecule has 1 saturated heterocycles. The lowest BCUT2D eigenvalue weighted by Gasteiger charge is -2.44. The number of aromatic nitrogens is 1. The summed E-state index contributed by atoms with van der Waals surface area (Å²) >= 11 is 0. The van der Waals surface area contributed by atoms with Gasteiger partial charge in [0.15, 0.2) is 0 Å². The van der Waals surface area contributed by atoms with Gasteiger partial charge in [-0.05, 0) is 31.4 Å². The van der Waals surface area contributed by atoms with Crippen molar-refractivity contribution >= 4 is 0 Å². The second-order valence-electron chi connectivity index (χ2n) is 6.02. The van der Waals surface area contributed by atoms with Crippen LogP contribution in [0.1, 0.15) is 30.9 Å². The molecule has 2 bridgehead atoms. The Bertz CT molecular complexity index is 725. The SMILES string of the molecule is C#Cc1cncc(C2(C#N)CC3C=CC(C2)N3C(C)C#C)c1. The molecule has 3 rings (SSSR count). The molecule has 1 aromatic heterocycles. The lowest BCUT2D eigenvalue weighted by atomic mass is 9.70. The highest BCUT2D eigenvalue weighted by Crippen LogP contribution is 2.44. The normalized spacial score (nSPS) is 31.0. The Morgan fingerprint density at radius 2 is 2.00 bits per heavy atom. The highest BCUT2D eigenvalue weighted by Gasteiger charge is 2.48. The Morgan fingerprint density at radius 3 is 2.55 bits per heavy atom. The quantitative estimate of drug-likeness (QED) is 0.619. The molecule has 3 heterocycles. The Kier molecular flexibility index (Phi) is 3.50. The lowest BCUT2D eigenvalue weighted by Crippen LogP contribution is -2.52. The second-order valence-corrected chi connectivity index (χ2v) is 6.02. The maximum absolute atomic E-state index is 9.89. The van der Waals surface area contributed by atoms with E-state index in [1.807, 2.05) is 13.0 Å². The van der Waals surface area contributed by atoms with Crippen molar-refractivity contribution in [3.8, 4) is 30.8 Å². The van der Waals surface area contributed by atoms with Gasteiger partial charge in [0.25, 0.3) is 0 Å². The van der Waals surface area contributed by atoms with Crippen LogP contribution in [0.25, 0.3) is 0 Å². The molecular formula is C19H17N3. The second kappa shape index (κ2) is 5.34. The van der Waals surface area contributed by atoms with Crippen molar-refractivity contribution in [1.82, 2.24) is 9.88 Å². The average Bonchev–Trinajstić information content (AvgIpc) is 2.85. The number of terminal acetylenes is 2. The van der Waals surface area contributed by atoms with E-state index in [2.05, 4.69) is 39.9 Å². The van der Waals surface area contributed by atoms with Gasteiger partial charge in [-0.15, -0.1) is 12.8 Å². The van der Waals surface area contributed by atoms with Crippen LogP contribution < -0.4 is 0 Å². The lowest BCUT2D eigenvalue weighted by molar-refractivity contribution is 0.102. The van der Waals surface area contributed by atoms with Gasteiger partial charge in [-0.1, -0.05) is 24.0 Å². The van der Waals surface area contributed by atoms with Crippen LogP contribution in [0.15, 0.2) is 30.6 Å². The van der Waals surface area contributed by atoms with Gasteiger partial charge >= 0.3 is 0 Å². The molecular weight excluding hydrogens is 270 g/mol. The van der Waals surface area contributed by atoms with Crippen LogP contribution in [0.3, 0.4) is 0 Å². The molecule has 2 aliphatic rings. The number of hydrogen-bond donors (Lipinski definition) is 0. The van der Waals surface area contributed by atoms with E-state index in [0.717, 1.165) is 18.4 Å². The summed E-state index contributed by atoms with van der Waals surface area (Å²) in [6.45, 7) is 2.03. The van der Waals surface area contributed by atoms with Crippen molar-refractivity contribution in [2.75, 3.05) is 0 Å². The zero-order valence-electron chi connectivity index (χ0n) is 12.5. The Morgan fingerprint density at radius 1 is 1.32 bits per heavy atom. The van der Waals surface area contributed by atoms with E-state index < -0.39 is 5.41 Å². The van der Waals surface area contributed by atoms with Crippen LogP contribution in [0, 0.1) is 36.0 Å². The molecule has 1 aromatic rings. The third kappa shape index (κ3) is 2.10. The fraction of sp³-hybridized carbons (Fsp3) is 0.368. The van der Waals surface area contributed by atoms with Crippen molar-refractivity contribution in [3.63, 3.8) is 0 Å². The summed E-state index contributed by atoms with van der Waals surface area (Å²) in [5.41, 5.74) is 1.08.